The van der Waals surface area contributed by atoms with Crippen LogP contribution in [0.25, 0.3) is 0 Å². The van der Waals surface area contributed by atoms with Crippen LogP contribution in [-0.4, -0.2) is 45.9 Å². The van der Waals surface area contributed by atoms with Gasteiger partial charge in [-0.1, -0.05) is 86.3 Å². The van der Waals surface area contributed by atoms with Crippen molar-refractivity contribution in [1.29, 1.82) is 0 Å². The van der Waals surface area contributed by atoms with Crippen molar-refractivity contribution in [3.63, 3.8) is 0 Å². The number of aromatic nitrogens is 2. The van der Waals surface area contributed by atoms with E-state index in [2.05, 4.69) is 15.7 Å². The van der Waals surface area contributed by atoms with Gasteiger partial charge in [0.1, 0.15) is 18.1 Å². The average molecular weight is 560 g/mol. The number of nitrogen functional groups attached to an aromatic ring is 1. The van der Waals surface area contributed by atoms with Crippen LogP contribution in [0.15, 0.2) is 66.7 Å². The third-order valence-electron chi connectivity index (χ3n) is 8.01. The van der Waals surface area contributed by atoms with Crippen LogP contribution in [0.1, 0.15) is 73.0 Å². The fourth-order valence-corrected chi connectivity index (χ4v) is 5.85. The first kappa shape index (κ1) is 28.8. The van der Waals surface area contributed by atoms with E-state index in [1.165, 1.54) is 10.7 Å². The van der Waals surface area contributed by atoms with E-state index in [0.717, 1.165) is 62.5 Å². The number of hydrogen-bond donors (Lipinski definition) is 3. The molecule has 0 aliphatic heterocycles. The number of nitrogens with two attached hydrogens (primary N) is 1. The molecule has 4 atom stereocenters. The predicted molar refractivity (Wildman–Crippen MR) is 157 cm³/mol. The smallest absolute Gasteiger partial charge is 0.269 e. The van der Waals surface area contributed by atoms with Crippen LogP contribution in [0, 0.1) is 0 Å². The van der Waals surface area contributed by atoms with Gasteiger partial charge in [-0.3, -0.25) is 9.59 Å². The van der Waals surface area contributed by atoms with Crippen LogP contribution in [0.3, 0.4) is 0 Å². The molecule has 2 aliphatic carbocycles. The normalized spacial score (nSPS) is 22.6. The Kier molecular flexibility index (Phi) is 10.0. The Balaban J connectivity index is 1.17. The fraction of sp³-hybridized carbons (Fsp3) is 0.469. The average Bonchev–Trinajstić information content (AvgIpc) is 3.37. The predicted octanol–water partition coefficient (Wildman–Crippen LogP) is 4.37. The lowest BCUT2D eigenvalue weighted by Crippen LogP contribution is -2.48. The second kappa shape index (κ2) is 14.3. The highest BCUT2D eigenvalue weighted by Crippen LogP contribution is 2.24. The van der Waals surface area contributed by atoms with Crippen molar-refractivity contribution in [3.8, 4) is 0 Å². The van der Waals surface area contributed by atoms with Crippen molar-refractivity contribution in [1.82, 2.24) is 20.4 Å². The summed E-state index contributed by atoms with van der Waals surface area (Å²) in [6.07, 6.45) is 7.53. The lowest BCUT2D eigenvalue weighted by Gasteiger charge is -2.32. The Bertz CT molecular complexity index is 1270. The molecule has 218 valence electrons. The first-order valence-electron chi connectivity index (χ1n) is 14.8. The van der Waals surface area contributed by atoms with Gasteiger partial charge < -0.3 is 25.8 Å². The van der Waals surface area contributed by atoms with E-state index in [1.54, 1.807) is 0 Å². The minimum Gasteiger partial charge on any atom is -0.382 e. The minimum atomic E-state index is -0.302. The number of nitrogens with zero attached hydrogens (tertiary/aromatic N) is 2. The summed E-state index contributed by atoms with van der Waals surface area (Å²) in [4.78, 5) is 26.5. The molecule has 5 rings (SSSR count). The zero-order valence-electron chi connectivity index (χ0n) is 23.5. The Morgan fingerprint density at radius 1 is 0.780 bits per heavy atom. The number of amides is 2. The highest BCUT2D eigenvalue weighted by Gasteiger charge is 2.30. The van der Waals surface area contributed by atoms with E-state index in [4.69, 9.17) is 15.2 Å². The number of ether oxygens (including phenoxy) is 2. The molecule has 2 amide bonds. The highest BCUT2D eigenvalue weighted by molar-refractivity contribution is 5.94. The molecule has 1 unspecified atom stereocenters. The summed E-state index contributed by atoms with van der Waals surface area (Å²) in [6, 6.07) is 21.4. The first-order chi connectivity index (χ1) is 20.0. The van der Waals surface area contributed by atoms with Crippen LogP contribution in [-0.2, 0) is 34.0 Å². The Hall–Kier alpha value is -3.69. The van der Waals surface area contributed by atoms with Crippen molar-refractivity contribution < 1.29 is 19.1 Å². The van der Waals surface area contributed by atoms with Crippen LogP contribution < -0.4 is 16.4 Å². The monoisotopic (exact) mass is 559 g/mol. The molecule has 1 heterocycles. The SMILES string of the molecule is Nc1cc(C(=O)N[C@H]2CCCC[C@@H]2OCc2ccccc2)n(CC(=O)NC2CCCC[C@@H]2OCc2ccccc2)n1. The first-order valence-corrected chi connectivity index (χ1v) is 14.8. The van der Waals surface area contributed by atoms with Crippen molar-refractivity contribution in [3.05, 3.63) is 83.6 Å². The summed E-state index contributed by atoms with van der Waals surface area (Å²) in [7, 11) is 0. The molecule has 3 aromatic rings. The second-order valence-electron chi connectivity index (χ2n) is 11.1. The quantitative estimate of drug-likeness (QED) is 0.321. The van der Waals surface area contributed by atoms with Gasteiger partial charge in [0.2, 0.25) is 5.91 Å². The van der Waals surface area contributed by atoms with E-state index in [0.29, 0.717) is 13.2 Å². The summed E-state index contributed by atoms with van der Waals surface area (Å²) in [5, 5.41) is 10.5. The zero-order chi connectivity index (χ0) is 28.4. The molecule has 0 bridgehead atoms. The Morgan fingerprint density at radius 3 is 1.85 bits per heavy atom. The molecule has 2 aliphatic rings. The lowest BCUT2D eigenvalue weighted by molar-refractivity contribution is -0.124. The van der Waals surface area contributed by atoms with Crippen molar-refractivity contribution in [2.45, 2.75) is 95.4 Å². The molecular formula is C32H41N5O4. The number of benzene rings is 2. The summed E-state index contributed by atoms with van der Waals surface area (Å²) in [5.41, 5.74) is 8.46. The summed E-state index contributed by atoms with van der Waals surface area (Å²) in [5.74, 6) is -0.321. The van der Waals surface area contributed by atoms with Crippen molar-refractivity contribution in [2.75, 3.05) is 5.73 Å². The minimum absolute atomic E-state index is 0.0579. The standard InChI is InChI=1S/C32H41N5O4/c33-30-19-27(32(39)35-26-16-8-10-18-29(26)41-22-24-13-5-2-6-14-24)37(36-30)20-31(38)34-25-15-7-9-17-28(25)40-21-23-11-3-1-4-12-23/h1-6,11-14,19,25-26,28-29H,7-10,15-18,20-22H2,(H2,33,36)(H,34,38)(H,35,39)/t25?,26-,28-,29-/m0/s1. The molecule has 0 spiro atoms. The van der Waals surface area contributed by atoms with Gasteiger partial charge in [-0.2, -0.15) is 5.10 Å². The third-order valence-corrected chi connectivity index (χ3v) is 8.01. The van der Waals surface area contributed by atoms with Gasteiger partial charge in [0.15, 0.2) is 0 Å². The Morgan fingerprint density at radius 2 is 1.29 bits per heavy atom. The molecule has 2 saturated carbocycles. The van der Waals surface area contributed by atoms with Crippen LogP contribution in [0.5, 0.6) is 0 Å². The van der Waals surface area contributed by atoms with Crippen molar-refractivity contribution >= 4 is 17.6 Å². The Labute approximate surface area is 241 Å². The second-order valence-corrected chi connectivity index (χ2v) is 11.1. The molecule has 1 aromatic heterocycles. The van der Waals surface area contributed by atoms with Gasteiger partial charge in [-0.05, 0) is 36.8 Å². The molecular weight excluding hydrogens is 518 g/mol. The number of carbonyl (C=O) groups is 2. The maximum absolute atomic E-state index is 13.4. The lowest BCUT2D eigenvalue weighted by atomic mass is 9.92. The van der Waals surface area contributed by atoms with Crippen LogP contribution in [0.2, 0.25) is 0 Å². The van der Waals surface area contributed by atoms with Gasteiger partial charge in [-0.25, -0.2) is 4.68 Å². The number of carbonyl (C=O) groups excluding carboxylic acids is 2. The number of rotatable bonds is 11. The number of anilines is 1. The topological polar surface area (TPSA) is 120 Å². The largest absolute Gasteiger partial charge is 0.382 e. The zero-order valence-corrected chi connectivity index (χ0v) is 23.5. The van der Waals surface area contributed by atoms with Crippen molar-refractivity contribution in [2.24, 2.45) is 0 Å². The van der Waals surface area contributed by atoms with Gasteiger partial charge in [0.25, 0.3) is 5.91 Å². The van der Waals surface area contributed by atoms with E-state index < -0.39 is 0 Å². The molecule has 0 saturated heterocycles. The van der Waals surface area contributed by atoms with Gasteiger partial charge in [0.05, 0.1) is 37.5 Å². The molecule has 9 heteroatoms. The molecule has 41 heavy (non-hydrogen) atoms. The maximum atomic E-state index is 13.4. The number of hydrogen-bond acceptors (Lipinski definition) is 6. The maximum Gasteiger partial charge on any atom is 0.269 e. The molecule has 4 N–H and O–H groups in total. The number of nitrogens with one attached hydrogen (secondary N) is 2. The fourth-order valence-electron chi connectivity index (χ4n) is 5.85. The van der Waals surface area contributed by atoms with E-state index in [9.17, 15) is 9.59 Å². The third kappa shape index (κ3) is 8.17. The molecule has 2 fully saturated rings. The van der Waals surface area contributed by atoms with Gasteiger partial charge >= 0.3 is 0 Å². The van der Waals surface area contributed by atoms with E-state index in [1.807, 2.05) is 60.7 Å². The molecule has 0 radical (unpaired) electrons. The van der Waals surface area contributed by atoms with Crippen LogP contribution >= 0.6 is 0 Å². The van der Waals surface area contributed by atoms with Crippen LogP contribution in [0.4, 0.5) is 5.82 Å². The van der Waals surface area contributed by atoms with E-state index >= 15 is 0 Å². The van der Waals surface area contributed by atoms with Gasteiger partial charge in [0, 0.05) is 6.07 Å². The summed E-state index contributed by atoms with van der Waals surface area (Å²) in [6.45, 7) is 0.912. The molecule has 2 aromatic carbocycles. The highest BCUT2D eigenvalue weighted by atomic mass is 16.5. The summed E-state index contributed by atoms with van der Waals surface area (Å²) >= 11 is 0. The summed E-state index contributed by atoms with van der Waals surface area (Å²) < 4.78 is 13.8. The van der Waals surface area contributed by atoms with Gasteiger partial charge in [-0.15, -0.1) is 0 Å². The van der Waals surface area contributed by atoms with E-state index in [-0.39, 0.29) is 54.2 Å². The molecule has 9 nitrogen and oxygen atoms in total.